The molecule has 0 atom stereocenters. The summed E-state index contributed by atoms with van der Waals surface area (Å²) in [7, 11) is 0. The summed E-state index contributed by atoms with van der Waals surface area (Å²) in [5.41, 5.74) is 7.44. The number of aliphatic imine (C=N–C) groups is 1. The van der Waals surface area contributed by atoms with Gasteiger partial charge in [-0.1, -0.05) is 12.2 Å². The standard InChI is InChI=1S/C14H22N4O2.HI/c1-10(2)9-18-14(15)17-7-4-6-16-13(19)12-11(3)5-8-20-12;/h5,8H,1,4,6-7,9H2,2-3H3,(H,16,19)(H3,15,17,18);1H. The normalized spacial score (nSPS) is 10.7. The summed E-state index contributed by atoms with van der Waals surface area (Å²) >= 11 is 0. The van der Waals surface area contributed by atoms with Gasteiger partial charge in [-0.15, -0.1) is 24.0 Å². The molecule has 0 saturated carbocycles. The van der Waals surface area contributed by atoms with Crippen LogP contribution in [0, 0.1) is 6.92 Å². The van der Waals surface area contributed by atoms with Crippen LogP contribution in [0.25, 0.3) is 0 Å². The molecule has 1 rings (SSSR count). The molecule has 1 amide bonds. The lowest BCUT2D eigenvalue weighted by Gasteiger charge is -2.06. The molecule has 7 heteroatoms. The van der Waals surface area contributed by atoms with Crippen molar-refractivity contribution in [3.63, 3.8) is 0 Å². The zero-order valence-corrected chi connectivity index (χ0v) is 14.8. The Bertz CT molecular complexity index is 497. The Morgan fingerprint density at radius 1 is 1.43 bits per heavy atom. The van der Waals surface area contributed by atoms with Gasteiger partial charge in [-0.05, 0) is 26.3 Å². The summed E-state index contributed by atoms with van der Waals surface area (Å²) in [6.07, 6.45) is 2.25. The van der Waals surface area contributed by atoms with E-state index >= 15 is 0 Å². The Morgan fingerprint density at radius 2 is 2.10 bits per heavy atom. The van der Waals surface area contributed by atoms with Crippen molar-refractivity contribution >= 4 is 35.8 Å². The molecular weight excluding hydrogens is 383 g/mol. The molecule has 1 heterocycles. The SMILES string of the molecule is C=C(C)CN=C(N)NCCCNC(=O)c1occc1C.I. The number of carbonyl (C=O) groups is 1. The first-order valence-electron chi connectivity index (χ1n) is 6.51. The van der Waals surface area contributed by atoms with Crippen molar-refractivity contribution in [2.24, 2.45) is 10.7 Å². The minimum Gasteiger partial charge on any atom is -0.459 e. The van der Waals surface area contributed by atoms with Gasteiger partial charge in [-0.25, -0.2) is 4.99 Å². The molecule has 6 nitrogen and oxygen atoms in total. The van der Waals surface area contributed by atoms with Crippen LogP contribution in [0.15, 0.2) is 33.9 Å². The maximum Gasteiger partial charge on any atom is 0.287 e. The Balaban J connectivity index is 0.00000400. The number of nitrogens with one attached hydrogen (secondary N) is 2. The van der Waals surface area contributed by atoms with Gasteiger partial charge in [0.15, 0.2) is 11.7 Å². The number of nitrogens with zero attached hydrogens (tertiary/aromatic N) is 1. The Morgan fingerprint density at radius 3 is 2.67 bits per heavy atom. The van der Waals surface area contributed by atoms with Gasteiger partial charge >= 0.3 is 0 Å². The number of halogens is 1. The quantitative estimate of drug-likeness (QED) is 0.212. The molecule has 0 radical (unpaired) electrons. The van der Waals surface area contributed by atoms with E-state index in [9.17, 15) is 4.79 Å². The third kappa shape index (κ3) is 7.74. The van der Waals surface area contributed by atoms with Crippen LogP contribution in [-0.4, -0.2) is 31.5 Å². The van der Waals surface area contributed by atoms with Crippen molar-refractivity contribution < 1.29 is 9.21 Å². The van der Waals surface area contributed by atoms with E-state index in [4.69, 9.17) is 10.2 Å². The van der Waals surface area contributed by atoms with Gasteiger partial charge in [-0.3, -0.25) is 4.79 Å². The number of guanidine groups is 1. The summed E-state index contributed by atoms with van der Waals surface area (Å²) in [5, 5.41) is 5.75. The highest BCUT2D eigenvalue weighted by Gasteiger charge is 2.11. The van der Waals surface area contributed by atoms with Gasteiger partial charge in [0.05, 0.1) is 12.8 Å². The molecule has 0 saturated heterocycles. The van der Waals surface area contributed by atoms with Crippen LogP contribution in [-0.2, 0) is 0 Å². The molecule has 1 aromatic heterocycles. The Labute approximate surface area is 142 Å². The number of nitrogens with two attached hydrogens (primary N) is 1. The minimum absolute atomic E-state index is 0. The predicted octanol–water partition coefficient (Wildman–Crippen LogP) is 1.81. The number of amides is 1. The molecule has 0 spiro atoms. The Hall–Kier alpha value is -1.51. The van der Waals surface area contributed by atoms with Crippen LogP contribution in [0.1, 0.15) is 29.5 Å². The molecule has 0 aliphatic rings. The fourth-order valence-electron chi connectivity index (χ4n) is 1.47. The van der Waals surface area contributed by atoms with E-state index in [-0.39, 0.29) is 29.9 Å². The van der Waals surface area contributed by atoms with Crippen molar-refractivity contribution in [3.8, 4) is 0 Å². The topological polar surface area (TPSA) is 92.6 Å². The molecule has 21 heavy (non-hydrogen) atoms. The van der Waals surface area contributed by atoms with Crippen molar-refractivity contribution in [3.05, 3.63) is 35.8 Å². The summed E-state index contributed by atoms with van der Waals surface area (Å²) in [6.45, 7) is 9.17. The first-order chi connectivity index (χ1) is 9.50. The van der Waals surface area contributed by atoms with Gasteiger partial charge in [0.2, 0.25) is 0 Å². The second-order valence-corrected chi connectivity index (χ2v) is 4.63. The van der Waals surface area contributed by atoms with Crippen LogP contribution in [0.2, 0.25) is 0 Å². The number of carbonyl (C=O) groups excluding carboxylic acids is 1. The largest absolute Gasteiger partial charge is 0.459 e. The van der Waals surface area contributed by atoms with Gasteiger partial charge in [0.1, 0.15) is 0 Å². The van der Waals surface area contributed by atoms with Gasteiger partial charge in [0, 0.05) is 18.7 Å². The first-order valence-corrected chi connectivity index (χ1v) is 6.51. The lowest BCUT2D eigenvalue weighted by atomic mass is 10.2. The van der Waals surface area contributed by atoms with Crippen molar-refractivity contribution in [2.45, 2.75) is 20.3 Å². The number of hydrogen-bond donors (Lipinski definition) is 3. The molecule has 0 fully saturated rings. The molecule has 0 aliphatic carbocycles. The van der Waals surface area contributed by atoms with E-state index in [1.165, 1.54) is 6.26 Å². The van der Waals surface area contributed by atoms with E-state index in [2.05, 4.69) is 22.2 Å². The zero-order chi connectivity index (χ0) is 15.0. The van der Waals surface area contributed by atoms with E-state index in [0.29, 0.717) is 31.4 Å². The zero-order valence-electron chi connectivity index (χ0n) is 12.4. The number of aryl methyl sites for hydroxylation is 1. The predicted molar refractivity (Wildman–Crippen MR) is 95.1 cm³/mol. The Kier molecular flexibility index (Phi) is 9.51. The van der Waals surface area contributed by atoms with Crippen LogP contribution >= 0.6 is 24.0 Å². The van der Waals surface area contributed by atoms with Gasteiger partial charge in [0.25, 0.3) is 5.91 Å². The van der Waals surface area contributed by atoms with Crippen LogP contribution in [0.4, 0.5) is 0 Å². The summed E-state index contributed by atoms with van der Waals surface area (Å²) in [4.78, 5) is 15.8. The molecule has 0 aromatic carbocycles. The molecule has 0 unspecified atom stereocenters. The van der Waals surface area contributed by atoms with Crippen LogP contribution in [0.5, 0.6) is 0 Å². The summed E-state index contributed by atoms with van der Waals surface area (Å²) < 4.78 is 5.10. The highest BCUT2D eigenvalue weighted by Crippen LogP contribution is 2.07. The highest BCUT2D eigenvalue weighted by molar-refractivity contribution is 14.0. The van der Waals surface area contributed by atoms with E-state index < -0.39 is 0 Å². The highest BCUT2D eigenvalue weighted by atomic mass is 127. The van der Waals surface area contributed by atoms with Gasteiger partial charge < -0.3 is 20.8 Å². The lowest BCUT2D eigenvalue weighted by Crippen LogP contribution is -2.34. The molecule has 0 bridgehead atoms. The van der Waals surface area contributed by atoms with Crippen molar-refractivity contribution in [1.82, 2.24) is 10.6 Å². The maximum atomic E-state index is 11.7. The first kappa shape index (κ1) is 19.5. The average molecular weight is 406 g/mol. The smallest absolute Gasteiger partial charge is 0.287 e. The number of rotatable bonds is 7. The molecule has 4 N–H and O–H groups in total. The lowest BCUT2D eigenvalue weighted by molar-refractivity contribution is 0.0925. The van der Waals surface area contributed by atoms with Crippen molar-refractivity contribution in [1.29, 1.82) is 0 Å². The maximum absolute atomic E-state index is 11.7. The third-order valence-corrected chi connectivity index (χ3v) is 2.53. The molecular formula is C14H23IN4O2. The van der Waals surface area contributed by atoms with Crippen molar-refractivity contribution in [2.75, 3.05) is 19.6 Å². The fraction of sp³-hybridized carbons (Fsp3) is 0.429. The second kappa shape index (κ2) is 10.3. The summed E-state index contributed by atoms with van der Waals surface area (Å²) in [5.74, 6) is 0.554. The fourth-order valence-corrected chi connectivity index (χ4v) is 1.47. The molecule has 1 aromatic rings. The van der Waals surface area contributed by atoms with E-state index in [1.807, 2.05) is 13.8 Å². The van der Waals surface area contributed by atoms with E-state index in [0.717, 1.165) is 17.6 Å². The van der Waals surface area contributed by atoms with Crippen LogP contribution in [0.3, 0.4) is 0 Å². The molecule has 0 aliphatic heterocycles. The second-order valence-electron chi connectivity index (χ2n) is 4.63. The monoisotopic (exact) mass is 406 g/mol. The summed E-state index contributed by atoms with van der Waals surface area (Å²) in [6, 6.07) is 1.76. The van der Waals surface area contributed by atoms with Crippen LogP contribution < -0.4 is 16.4 Å². The average Bonchev–Trinajstić information content (AvgIpc) is 2.82. The third-order valence-electron chi connectivity index (χ3n) is 2.53. The van der Waals surface area contributed by atoms with Gasteiger partial charge in [-0.2, -0.15) is 0 Å². The molecule has 118 valence electrons. The number of hydrogen-bond acceptors (Lipinski definition) is 3. The van der Waals surface area contributed by atoms with E-state index in [1.54, 1.807) is 6.07 Å². The minimum atomic E-state index is -0.198. The number of furan rings is 1.